The lowest BCUT2D eigenvalue weighted by molar-refractivity contribution is 0.0707. The molecule has 0 aliphatic carbocycles. The molecule has 1 aromatic carbocycles. The van der Waals surface area contributed by atoms with Gasteiger partial charge in [0.05, 0.1) is 0 Å². The van der Waals surface area contributed by atoms with Gasteiger partial charge in [-0.05, 0) is 51.7 Å². The molecule has 3 nitrogen and oxygen atoms in total. The van der Waals surface area contributed by atoms with Crippen LogP contribution in [0.3, 0.4) is 0 Å². The van der Waals surface area contributed by atoms with Gasteiger partial charge in [0.1, 0.15) is 11.6 Å². The molecule has 0 aliphatic heterocycles. The van der Waals surface area contributed by atoms with Crippen LogP contribution in [-0.4, -0.2) is 28.6 Å². The average Bonchev–Trinajstić information content (AvgIpc) is 2.46. The Morgan fingerprint density at radius 2 is 1.50 bits per heavy atom. The van der Waals surface area contributed by atoms with Gasteiger partial charge >= 0.3 is 8.80 Å². The first-order valence-electron chi connectivity index (χ1n) is 7.92. The minimum atomic E-state index is -2.61. The van der Waals surface area contributed by atoms with Crippen molar-refractivity contribution in [1.82, 2.24) is 0 Å². The Bertz CT molecular complexity index is 426. The molecule has 0 heterocycles. The number of rotatable bonds is 11. The van der Waals surface area contributed by atoms with Gasteiger partial charge in [-0.15, -0.1) is 0 Å². The molecule has 0 aliphatic rings. The Balaban J connectivity index is 2.51. The molecular weight excluding hydrogens is 306 g/mol. The first kappa shape index (κ1) is 19.2. The molecule has 1 aromatic rings. The van der Waals surface area contributed by atoms with Crippen LogP contribution >= 0.6 is 0 Å². The number of halogens is 2. The highest BCUT2D eigenvalue weighted by Gasteiger charge is 2.39. The van der Waals surface area contributed by atoms with Gasteiger partial charge in [-0.25, -0.2) is 8.78 Å². The molecule has 0 spiro atoms. The lowest BCUT2D eigenvalue weighted by Crippen LogP contribution is -2.45. The zero-order valence-electron chi connectivity index (χ0n) is 13.7. The Morgan fingerprint density at radius 3 is 2.00 bits per heavy atom. The number of hydrogen-bond donors (Lipinski definition) is 0. The van der Waals surface area contributed by atoms with E-state index in [4.69, 9.17) is 13.3 Å². The third-order valence-corrected chi connectivity index (χ3v) is 6.44. The van der Waals surface area contributed by atoms with E-state index in [1.165, 1.54) is 12.1 Å². The van der Waals surface area contributed by atoms with Gasteiger partial charge in [-0.2, -0.15) is 0 Å². The smallest absolute Gasteiger partial charge is 0.374 e. The van der Waals surface area contributed by atoms with E-state index in [1.807, 2.05) is 20.8 Å². The summed E-state index contributed by atoms with van der Waals surface area (Å²) in [5.74, 6) is -1.03. The molecule has 0 fully saturated rings. The molecule has 0 bridgehead atoms. The second-order valence-corrected chi connectivity index (χ2v) is 7.66. The highest BCUT2D eigenvalue weighted by atomic mass is 28.4. The van der Waals surface area contributed by atoms with Crippen LogP contribution in [-0.2, 0) is 19.7 Å². The van der Waals surface area contributed by atoms with E-state index < -0.39 is 20.4 Å². The second-order valence-electron chi connectivity index (χ2n) is 4.92. The van der Waals surface area contributed by atoms with Gasteiger partial charge in [0, 0.05) is 31.9 Å². The Hall–Kier alpha value is -0.823. The fraction of sp³-hybridized carbons (Fsp3) is 0.625. The van der Waals surface area contributed by atoms with E-state index in [-0.39, 0.29) is 0 Å². The predicted molar refractivity (Wildman–Crippen MR) is 84.7 cm³/mol. The van der Waals surface area contributed by atoms with Crippen molar-refractivity contribution in [2.45, 2.75) is 46.1 Å². The highest BCUT2D eigenvalue weighted by Crippen LogP contribution is 2.21. The zero-order chi connectivity index (χ0) is 16.4. The zero-order valence-corrected chi connectivity index (χ0v) is 14.7. The number of aryl methyl sites for hydroxylation is 1. The van der Waals surface area contributed by atoms with Crippen molar-refractivity contribution in [3.63, 3.8) is 0 Å². The van der Waals surface area contributed by atoms with Crippen LogP contribution in [0.1, 0.15) is 39.2 Å². The van der Waals surface area contributed by atoms with Gasteiger partial charge in [-0.3, -0.25) is 0 Å². The van der Waals surface area contributed by atoms with Gasteiger partial charge in [0.25, 0.3) is 0 Å². The minimum absolute atomic E-state index is 0.483. The van der Waals surface area contributed by atoms with Crippen LogP contribution in [0.25, 0.3) is 0 Å². The maximum Gasteiger partial charge on any atom is 0.500 e. The maximum atomic E-state index is 13.6. The second kappa shape index (κ2) is 10.0. The van der Waals surface area contributed by atoms with Crippen LogP contribution in [0, 0.1) is 11.6 Å². The molecule has 126 valence electrons. The van der Waals surface area contributed by atoms with Crippen molar-refractivity contribution in [1.29, 1.82) is 0 Å². The molecule has 0 saturated heterocycles. The average molecular weight is 332 g/mol. The van der Waals surface area contributed by atoms with E-state index in [2.05, 4.69) is 0 Å². The fourth-order valence-electron chi connectivity index (χ4n) is 2.38. The van der Waals surface area contributed by atoms with E-state index >= 15 is 0 Å². The first-order valence-corrected chi connectivity index (χ1v) is 9.85. The van der Waals surface area contributed by atoms with Gasteiger partial charge in [0.2, 0.25) is 0 Å². The number of benzene rings is 1. The van der Waals surface area contributed by atoms with Crippen LogP contribution in [0.4, 0.5) is 8.78 Å². The van der Waals surface area contributed by atoms with Crippen molar-refractivity contribution in [2.75, 3.05) is 19.8 Å². The van der Waals surface area contributed by atoms with Crippen molar-refractivity contribution < 1.29 is 22.1 Å². The molecule has 1 rings (SSSR count). The number of hydrogen-bond acceptors (Lipinski definition) is 3. The van der Waals surface area contributed by atoms with E-state index in [0.717, 1.165) is 18.9 Å². The Labute approximate surface area is 133 Å². The summed E-state index contributed by atoms with van der Waals surface area (Å²) in [5, 5.41) is 0. The molecule has 0 saturated carbocycles. The summed E-state index contributed by atoms with van der Waals surface area (Å²) in [4.78, 5) is 0. The summed E-state index contributed by atoms with van der Waals surface area (Å²) in [6.45, 7) is 7.44. The summed E-state index contributed by atoms with van der Waals surface area (Å²) < 4.78 is 43.7. The molecule has 6 heteroatoms. The minimum Gasteiger partial charge on any atom is -0.374 e. The molecular formula is C16H26F2O3Si. The predicted octanol–water partition coefficient (Wildman–Crippen LogP) is 4.34. The third-order valence-electron chi connectivity index (χ3n) is 3.29. The Kier molecular flexibility index (Phi) is 8.78. The quantitative estimate of drug-likeness (QED) is 0.446. The fourth-order valence-corrected chi connectivity index (χ4v) is 5.07. The monoisotopic (exact) mass is 332 g/mol. The van der Waals surface area contributed by atoms with Crippen LogP contribution < -0.4 is 0 Å². The van der Waals surface area contributed by atoms with E-state index in [1.54, 1.807) is 0 Å². The van der Waals surface area contributed by atoms with Crippen LogP contribution in [0.15, 0.2) is 18.2 Å². The summed E-state index contributed by atoms with van der Waals surface area (Å²) >= 11 is 0. The van der Waals surface area contributed by atoms with Crippen molar-refractivity contribution in [3.8, 4) is 0 Å². The molecule has 0 aromatic heterocycles. The molecule has 0 amide bonds. The largest absolute Gasteiger partial charge is 0.500 e. The lowest BCUT2D eigenvalue weighted by Gasteiger charge is -2.28. The van der Waals surface area contributed by atoms with E-state index in [9.17, 15) is 8.78 Å². The summed E-state index contributed by atoms with van der Waals surface area (Å²) in [7, 11) is -2.61. The summed E-state index contributed by atoms with van der Waals surface area (Å²) in [6.07, 6.45) is 2.18. The van der Waals surface area contributed by atoms with Crippen molar-refractivity contribution >= 4 is 8.80 Å². The lowest BCUT2D eigenvalue weighted by atomic mass is 10.1. The standard InChI is InChI=1S/C16H26F2O3Si/c1-4-19-22(20-5-2,21-6-3)12-8-7-9-14-10-11-15(17)13-16(14)18/h10-11,13H,4-9,12H2,1-3H3. The number of unbranched alkanes of at least 4 members (excludes halogenated alkanes) is 1. The first-order chi connectivity index (χ1) is 10.6. The van der Waals surface area contributed by atoms with Gasteiger partial charge in [0.15, 0.2) is 0 Å². The van der Waals surface area contributed by atoms with Gasteiger partial charge in [-0.1, -0.05) is 6.07 Å². The summed E-state index contributed by atoms with van der Waals surface area (Å²) in [6, 6.07) is 4.43. The topological polar surface area (TPSA) is 27.7 Å². The molecule has 0 N–H and O–H groups in total. The van der Waals surface area contributed by atoms with Gasteiger partial charge < -0.3 is 13.3 Å². The van der Waals surface area contributed by atoms with E-state index in [0.29, 0.717) is 37.8 Å². The maximum absolute atomic E-state index is 13.6. The van der Waals surface area contributed by atoms with Crippen LogP contribution in [0.5, 0.6) is 0 Å². The van der Waals surface area contributed by atoms with Crippen LogP contribution in [0.2, 0.25) is 6.04 Å². The Morgan fingerprint density at radius 1 is 0.909 bits per heavy atom. The molecule has 22 heavy (non-hydrogen) atoms. The molecule has 0 unspecified atom stereocenters. The normalized spacial score (nSPS) is 11.9. The van der Waals surface area contributed by atoms with Crippen molar-refractivity contribution in [2.24, 2.45) is 0 Å². The molecule has 0 atom stereocenters. The molecule has 0 radical (unpaired) electrons. The SMILES string of the molecule is CCO[Si](CCCCc1ccc(F)cc1F)(OCC)OCC. The highest BCUT2D eigenvalue weighted by molar-refractivity contribution is 6.60. The van der Waals surface area contributed by atoms with Crippen molar-refractivity contribution in [3.05, 3.63) is 35.4 Å². The third kappa shape index (κ3) is 6.12. The summed E-state index contributed by atoms with van der Waals surface area (Å²) in [5.41, 5.74) is 0.540.